The quantitative estimate of drug-likeness (QED) is 0.816. The number of carbonyl (C=O) groups excluding carboxylic acids is 1. The average Bonchev–Trinajstić information content (AvgIpc) is 2.85. The molecule has 0 radical (unpaired) electrons. The second-order valence-corrected chi connectivity index (χ2v) is 6.34. The maximum absolute atomic E-state index is 13.3. The minimum Gasteiger partial charge on any atom is -0.465 e. The van der Waals surface area contributed by atoms with Crippen molar-refractivity contribution in [1.29, 1.82) is 0 Å². The Hall–Kier alpha value is -1.51. The normalized spacial score (nSPS) is 20.1. The number of sulfonamides is 1. The van der Waals surface area contributed by atoms with Crippen molar-refractivity contribution in [2.75, 3.05) is 20.2 Å². The highest BCUT2D eigenvalue weighted by atomic mass is 32.2. The summed E-state index contributed by atoms with van der Waals surface area (Å²) in [4.78, 5) is 11.1. The molecule has 0 spiro atoms. The van der Waals surface area contributed by atoms with Gasteiger partial charge in [-0.1, -0.05) is 0 Å². The molecule has 1 atom stereocenters. The molecule has 1 aromatic carbocycles. The van der Waals surface area contributed by atoms with Crippen LogP contribution >= 0.6 is 0 Å². The fourth-order valence-corrected chi connectivity index (χ4v) is 3.74. The summed E-state index contributed by atoms with van der Waals surface area (Å²) < 4.78 is 43.7. The van der Waals surface area contributed by atoms with E-state index in [1.807, 2.05) is 0 Å². The molecule has 0 aliphatic carbocycles. The predicted molar refractivity (Wildman–Crippen MR) is 67.1 cm³/mol. The highest BCUT2D eigenvalue weighted by Crippen LogP contribution is 2.25. The van der Waals surface area contributed by atoms with Crippen LogP contribution in [-0.2, 0) is 14.8 Å². The van der Waals surface area contributed by atoms with Crippen molar-refractivity contribution in [2.45, 2.75) is 17.4 Å². The zero-order valence-electron chi connectivity index (χ0n) is 10.7. The van der Waals surface area contributed by atoms with Crippen LogP contribution in [0.4, 0.5) is 4.39 Å². The Kier molecular flexibility index (Phi) is 4.07. The van der Waals surface area contributed by atoms with Crippen LogP contribution in [0.5, 0.6) is 0 Å². The molecule has 1 fully saturated rings. The van der Waals surface area contributed by atoms with Crippen LogP contribution in [0, 0.1) is 5.82 Å². The van der Waals surface area contributed by atoms with E-state index in [9.17, 15) is 22.7 Å². The van der Waals surface area contributed by atoms with E-state index < -0.39 is 32.8 Å². The maximum Gasteiger partial charge on any atom is 0.339 e. The first-order chi connectivity index (χ1) is 9.36. The molecule has 1 heterocycles. The SMILES string of the molecule is COC(=O)c1ccc(F)cc1S(=O)(=O)N1CCC(O)C1. The van der Waals surface area contributed by atoms with Crippen molar-refractivity contribution < 1.29 is 27.4 Å². The minimum absolute atomic E-state index is 0.0700. The monoisotopic (exact) mass is 303 g/mol. The van der Waals surface area contributed by atoms with E-state index in [1.54, 1.807) is 0 Å². The molecule has 0 bridgehead atoms. The van der Waals surface area contributed by atoms with Gasteiger partial charge in [0, 0.05) is 13.1 Å². The summed E-state index contributed by atoms with van der Waals surface area (Å²) in [7, 11) is -2.93. The highest BCUT2D eigenvalue weighted by Gasteiger charge is 2.34. The van der Waals surface area contributed by atoms with E-state index in [4.69, 9.17) is 0 Å². The van der Waals surface area contributed by atoms with E-state index in [1.165, 1.54) is 0 Å². The number of benzene rings is 1. The standard InChI is InChI=1S/C12H14FNO5S/c1-19-12(16)10-3-2-8(13)6-11(10)20(17,18)14-5-4-9(15)7-14/h2-3,6,9,15H,4-5,7H2,1H3. The van der Waals surface area contributed by atoms with E-state index in [0.717, 1.165) is 29.6 Å². The molecule has 0 amide bonds. The summed E-state index contributed by atoms with van der Waals surface area (Å²) in [5.74, 6) is -1.63. The lowest BCUT2D eigenvalue weighted by Crippen LogP contribution is -2.31. The number of hydrogen-bond donors (Lipinski definition) is 1. The fraction of sp³-hybridized carbons (Fsp3) is 0.417. The largest absolute Gasteiger partial charge is 0.465 e. The van der Waals surface area contributed by atoms with Gasteiger partial charge in [0.15, 0.2) is 0 Å². The third-order valence-corrected chi connectivity index (χ3v) is 5.00. The molecule has 1 saturated heterocycles. The first kappa shape index (κ1) is 14.9. The number of aliphatic hydroxyl groups excluding tert-OH is 1. The van der Waals surface area contributed by atoms with E-state index in [0.29, 0.717) is 6.42 Å². The Morgan fingerprint density at radius 2 is 2.20 bits per heavy atom. The van der Waals surface area contributed by atoms with Gasteiger partial charge >= 0.3 is 5.97 Å². The molecule has 110 valence electrons. The van der Waals surface area contributed by atoms with E-state index in [-0.39, 0.29) is 18.7 Å². The van der Waals surface area contributed by atoms with Gasteiger partial charge in [-0.15, -0.1) is 0 Å². The Morgan fingerprint density at radius 3 is 2.75 bits per heavy atom. The van der Waals surface area contributed by atoms with Crippen LogP contribution in [0.3, 0.4) is 0 Å². The van der Waals surface area contributed by atoms with Crippen molar-refractivity contribution in [1.82, 2.24) is 4.31 Å². The number of ether oxygens (including phenoxy) is 1. The third kappa shape index (κ3) is 2.67. The van der Waals surface area contributed by atoms with Gasteiger partial charge in [-0.25, -0.2) is 17.6 Å². The van der Waals surface area contributed by atoms with Crippen LogP contribution in [0.1, 0.15) is 16.8 Å². The maximum atomic E-state index is 13.3. The van der Waals surface area contributed by atoms with Gasteiger partial charge in [0.25, 0.3) is 0 Å². The van der Waals surface area contributed by atoms with Crippen molar-refractivity contribution in [3.8, 4) is 0 Å². The number of esters is 1. The molecular weight excluding hydrogens is 289 g/mol. The molecule has 6 nitrogen and oxygen atoms in total. The number of hydrogen-bond acceptors (Lipinski definition) is 5. The zero-order chi connectivity index (χ0) is 14.9. The molecule has 1 aromatic rings. The molecule has 1 aliphatic heterocycles. The van der Waals surface area contributed by atoms with Crippen LogP contribution in [0.2, 0.25) is 0 Å². The number of aliphatic hydroxyl groups is 1. The van der Waals surface area contributed by atoms with E-state index >= 15 is 0 Å². The summed E-state index contributed by atoms with van der Waals surface area (Å²) in [6.45, 7) is 0.0556. The Morgan fingerprint density at radius 1 is 1.50 bits per heavy atom. The minimum atomic E-state index is -4.05. The molecule has 0 aromatic heterocycles. The molecular formula is C12H14FNO5S. The number of rotatable bonds is 3. The molecule has 1 unspecified atom stereocenters. The average molecular weight is 303 g/mol. The lowest BCUT2D eigenvalue weighted by Gasteiger charge is -2.17. The number of nitrogens with zero attached hydrogens (tertiary/aromatic N) is 1. The molecule has 20 heavy (non-hydrogen) atoms. The number of halogens is 1. The van der Waals surface area contributed by atoms with Gasteiger partial charge in [-0.05, 0) is 24.6 Å². The summed E-state index contributed by atoms with van der Waals surface area (Å²) >= 11 is 0. The summed E-state index contributed by atoms with van der Waals surface area (Å²) in [5, 5.41) is 9.42. The van der Waals surface area contributed by atoms with Crippen molar-refractivity contribution >= 4 is 16.0 Å². The Balaban J connectivity index is 2.50. The van der Waals surface area contributed by atoms with E-state index in [2.05, 4.69) is 4.74 Å². The molecule has 2 rings (SSSR count). The topological polar surface area (TPSA) is 83.9 Å². The first-order valence-corrected chi connectivity index (χ1v) is 7.36. The molecule has 0 saturated carbocycles. The van der Waals surface area contributed by atoms with Crippen molar-refractivity contribution in [3.05, 3.63) is 29.6 Å². The number of β-amino-alcohol motifs (C(OH)–C–C–N with tert-alkyl or cyclic N) is 1. The predicted octanol–water partition coefficient (Wildman–Crippen LogP) is 0.368. The van der Waals surface area contributed by atoms with Gasteiger partial charge in [0.2, 0.25) is 10.0 Å². The summed E-state index contributed by atoms with van der Waals surface area (Å²) in [6.07, 6.45) is -0.442. The Bertz CT molecular complexity index is 631. The van der Waals surface area contributed by atoms with Crippen LogP contribution < -0.4 is 0 Å². The smallest absolute Gasteiger partial charge is 0.339 e. The summed E-state index contributed by atoms with van der Waals surface area (Å²) in [5.41, 5.74) is -0.227. The lowest BCUT2D eigenvalue weighted by molar-refractivity contribution is 0.0596. The second kappa shape index (κ2) is 5.47. The van der Waals surface area contributed by atoms with Crippen LogP contribution in [-0.4, -0.2) is 50.1 Å². The molecule has 8 heteroatoms. The van der Waals surface area contributed by atoms with Crippen molar-refractivity contribution in [3.63, 3.8) is 0 Å². The molecule has 1 N–H and O–H groups in total. The Labute approximate surface area is 115 Å². The fourth-order valence-electron chi connectivity index (χ4n) is 2.06. The first-order valence-electron chi connectivity index (χ1n) is 5.92. The van der Waals surface area contributed by atoms with Crippen LogP contribution in [0.25, 0.3) is 0 Å². The lowest BCUT2D eigenvalue weighted by atomic mass is 10.2. The molecule has 1 aliphatic rings. The van der Waals surface area contributed by atoms with Gasteiger partial charge < -0.3 is 9.84 Å². The number of methoxy groups -OCH3 is 1. The third-order valence-electron chi connectivity index (χ3n) is 3.09. The van der Waals surface area contributed by atoms with Gasteiger partial charge in [-0.3, -0.25) is 0 Å². The zero-order valence-corrected chi connectivity index (χ0v) is 11.6. The summed E-state index contributed by atoms with van der Waals surface area (Å²) in [6, 6.07) is 2.84. The van der Waals surface area contributed by atoms with Gasteiger partial charge in [-0.2, -0.15) is 4.31 Å². The van der Waals surface area contributed by atoms with Gasteiger partial charge in [0.1, 0.15) is 5.82 Å². The highest BCUT2D eigenvalue weighted by molar-refractivity contribution is 7.89. The van der Waals surface area contributed by atoms with Gasteiger partial charge in [0.05, 0.1) is 23.7 Å². The van der Waals surface area contributed by atoms with Crippen molar-refractivity contribution in [2.24, 2.45) is 0 Å². The number of carbonyl (C=O) groups is 1. The second-order valence-electron chi connectivity index (χ2n) is 4.44. The van der Waals surface area contributed by atoms with Crippen LogP contribution in [0.15, 0.2) is 23.1 Å².